The maximum Gasteiger partial charge on any atom is 0.184 e. The molecule has 0 amide bonds. The Bertz CT molecular complexity index is 719. The molecule has 0 aliphatic heterocycles. The smallest absolute Gasteiger partial charge is 0.184 e. The zero-order valence-corrected chi connectivity index (χ0v) is 13.3. The molecule has 0 radical (unpaired) electrons. The Morgan fingerprint density at radius 2 is 2.00 bits per heavy atom. The molecule has 21 heavy (non-hydrogen) atoms. The Morgan fingerprint density at radius 1 is 1.29 bits per heavy atom. The summed E-state index contributed by atoms with van der Waals surface area (Å²) in [5.41, 5.74) is 2.03. The second-order valence-electron chi connectivity index (χ2n) is 4.62. The predicted molar refractivity (Wildman–Crippen MR) is 84.6 cm³/mol. The van der Waals surface area contributed by atoms with Crippen LogP contribution in [0.15, 0.2) is 46.9 Å². The van der Waals surface area contributed by atoms with Gasteiger partial charge < -0.3 is 4.74 Å². The third-order valence-electron chi connectivity index (χ3n) is 3.35. The first-order valence-electron chi connectivity index (χ1n) is 6.41. The fourth-order valence-electron chi connectivity index (χ4n) is 2.14. The van der Waals surface area contributed by atoms with Crippen molar-refractivity contribution in [1.29, 1.82) is 5.26 Å². The molecule has 0 spiro atoms. The van der Waals surface area contributed by atoms with Crippen molar-refractivity contribution in [3.8, 4) is 11.8 Å². The van der Waals surface area contributed by atoms with E-state index < -0.39 is 5.92 Å². The summed E-state index contributed by atoms with van der Waals surface area (Å²) in [5.74, 6) is -0.413. The minimum atomic E-state index is -0.840. The topological polar surface area (TPSA) is 50.1 Å². The van der Waals surface area contributed by atoms with Gasteiger partial charge in [0.2, 0.25) is 0 Å². The fraction of sp³-hybridized carbons (Fsp3) is 0.176. The van der Waals surface area contributed by atoms with E-state index in [0.717, 1.165) is 10.0 Å². The summed E-state index contributed by atoms with van der Waals surface area (Å²) in [4.78, 5) is 12.7. The summed E-state index contributed by atoms with van der Waals surface area (Å²) in [6, 6.07) is 14.6. The average Bonchev–Trinajstić information content (AvgIpc) is 2.51. The minimum absolute atomic E-state index is 0.204. The molecule has 0 aromatic heterocycles. The lowest BCUT2D eigenvalue weighted by molar-refractivity contribution is 0.0978. The molecule has 2 aromatic rings. The molecule has 1 unspecified atom stereocenters. The van der Waals surface area contributed by atoms with Gasteiger partial charge in [-0.2, -0.15) is 5.26 Å². The van der Waals surface area contributed by atoms with Crippen LogP contribution in [0.1, 0.15) is 27.4 Å². The van der Waals surface area contributed by atoms with Crippen LogP contribution in [0, 0.1) is 18.3 Å². The van der Waals surface area contributed by atoms with Gasteiger partial charge in [0.1, 0.15) is 11.7 Å². The Labute approximate surface area is 132 Å². The second-order valence-corrected chi connectivity index (χ2v) is 5.47. The highest BCUT2D eigenvalue weighted by molar-refractivity contribution is 9.10. The van der Waals surface area contributed by atoms with Gasteiger partial charge in [-0.1, -0.05) is 40.2 Å². The Hall–Kier alpha value is -2.12. The number of carbonyl (C=O) groups excluding carboxylic acids is 1. The van der Waals surface area contributed by atoms with E-state index in [2.05, 4.69) is 22.0 Å². The van der Waals surface area contributed by atoms with Crippen LogP contribution in [0.3, 0.4) is 0 Å². The van der Waals surface area contributed by atoms with Crippen LogP contribution >= 0.6 is 15.9 Å². The highest BCUT2D eigenvalue weighted by Gasteiger charge is 2.24. The van der Waals surface area contributed by atoms with Crippen LogP contribution in [0.2, 0.25) is 0 Å². The summed E-state index contributed by atoms with van der Waals surface area (Å²) in [6.07, 6.45) is 0. The Balaban J connectivity index is 2.44. The van der Waals surface area contributed by atoms with Crippen molar-refractivity contribution >= 4 is 21.7 Å². The lowest BCUT2D eigenvalue weighted by Gasteiger charge is -2.12. The van der Waals surface area contributed by atoms with Crippen LogP contribution in [0.4, 0.5) is 0 Å². The van der Waals surface area contributed by atoms with Gasteiger partial charge in [-0.15, -0.1) is 0 Å². The molecule has 0 aliphatic carbocycles. The summed E-state index contributed by atoms with van der Waals surface area (Å²) in [6.45, 7) is 1.86. The third-order valence-corrected chi connectivity index (χ3v) is 4.21. The molecule has 0 heterocycles. The molecule has 0 N–H and O–H groups in total. The molecule has 0 aliphatic rings. The van der Waals surface area contributed by atoms with E-state index in [9.17, 15) is 10.1 Å². The second kappa shape index (κ2) is 6.55. The fourth-order valence-corrected chi connectivity index (χ4v) is 2.50. The highest BCUT2D eigenvalue weighted by atomic mass is 79.9. The van der Waals surface area contributed by atoms with E-state index in [1.165, 1.54) is 0 Å². The van der Waals surface area contributed by atoms with Gasteiger partial charge in [-0.25, -0.2) is 0 Å². The zero-order valence-electron chi connectivity index (χ0n) is 11.8. The quantitative estimate of drug-likeness (QED) is 0.779. The number of hydrogen-bond acceptors (Lipinski definition) is 3. The number of halogens is 1. The maximum atomic E-state index is 12.7. The van der Waals surface area contributed by atoms with E-state index in [-0.39, 0.29) is 5.78 Å². The summed E-state index contributed by atoms with van der Waals surface area (Å²) >= 11 is 3.41. The first-order chi connectivity index (χ1) is 10.1. The number of rotatable bonds is 4. The number of carbonyl (C=O) groups is 1. The van der Waals surface area contributed by atoms with Crippen molar-refractivity contribution in [2.75, 3.05) is 7.11 Å². The normalized spacial score (nSPS) is 11.5. The molecule has 0 bridgehead atoms. The van der Waals surface area contributed by atoms with Crippen LogP contribution < -0.4 is 4.74 Å². The number of benzene rings is 2. The van der Waals surface area contributed by atoms with Gasteiger partial charge in [0.25, 0.3) is 0 Å². The lowest BCUT2D eigenvalue weighted by atomic mass is 9.90. The number of nitrogens with zero attached hydrogens (tertiary/aromatic N) is 1. The molecule has 2 rings (SSSR count). The molecule has 0 fully saturated rings. The van der Waals surface area contributed by atoms with Crippen LogP contribution in [-0.2, 0) is 0 Å². The van der Waals surface area contributed by atoms with Crippen LogP contribution in [0.5, 0.6) is 5.75 Å². The van der Waals surface area contributed by atoms with Gasteiger partial charge in [0.05, 0.1) is 13.2 Å². The van der Waals surface area contributed by atoms with Gasteiger partial charge in [-0.05, 0) is 36.2 Å². The van der Waals surface area contributed by atoms with Gasteiger partial charge in [-0.3, -0.25) is 4.79 Å². The molecular formula is C17H14BrNO2. The predicted octanol–water partition coefficient (Wildman–Crippen LogP) is 4.26. The van der Waals surface area contributed by atoms with Crippen LogP contribution in [0.25, 0.3) is 0 Å². The number of hydrogen-bond donors (Lipinski definition) is 0. The zero-order chi connectivity index (χ0) is 15.4. The van der Waals surface area contributed by atoms with Crippen molar-refractivity contribution in [1.82, 2.24) is 0 Å². The first-order valence-corrected chi connectivity index (χ1v) is 7.20. The SMILES string of the molecule is COc1cccc(C(C#N)C(=O)c2cccc(Br)c2C)c1. The Kier molecular flexibility index (Phi) is 4.77. The largest absolute Gasteiger partial charge is 0.497 e. The molecule has 2 aromatic carbocycles. The lowest BCUT2D eigenvalue weighted by Crippen LogP contribution is -2.13. The van der Waals surface area contributed by atoms with Crippen molar-refractivity contribution in [3.05, 3.63) is 63.6 Å². The molecular weight excluding hydrogens is 330 g/mol. The standard InChI is InChI=1S/C17H14BrNO2/c1-11-14(7-4-8-16(11)18)17(20)15(10-19)12-5-3-6-13(9-12)21-2/h3-9,15H,1-2H3. The van der Waals surface area contributed by atoms with E-state index >= 15 is 0 Å². The van der Waals surface area contributed by atoms with Gasteiger partial charge in [0, 0.05) is 10.0 Å². The number of methoxy groups -OCH3 is 1. The van der Waals surface area contributed by atoms with Crippen molar-refractivity contribution in [2.45, 2.75) is 12.8 Å². The minimum Gasteiger partial charge on any atom is -0.497 e. The number of Topliss-reactive ketones (excluding diaryl/α,β-unsaturated/α-hetero) is 1. The van der Waals surface area contributed by atoms with E-state index in [4.69, 9.17) is 4.74 Å². The summed E-state index contributed by atoms with van der Waals surface area (Å²) in [7, 11) is 1.56. The van der Waals surface area contributed by atoms with Gasteiger partial charge in [0.15, 0.2) is 5.78 Å². The molecule has 0 saturated heterocycles. The highest BCUT2D eigenvalue weighted by Crippen LogP contribution is 2.27. The van der Waals surface area contributed by atoms with E-state index in [1.54, 1.807) is 43.5 Å². The summed E-state index contributed by atoms with van der Waals surface area (Å²) in [5, 5.41) is 9.41. The molecule has 1 atom stereocenters. The van der Waals surface area contributed by atoms with Crippen molar-refractivity contribution in [2.24, 2.45) is 0 Å². The molecule has 3 nitrogen and oxygen atoms in total. The Morgan fingerprint density at radius 3 is 2.67 bits per heavy atom. The first kappa shape index (κ1) is 15.3. The number of ether oxygens (including phenoxy) is 1. The van der Waals surface area contributed by atoms with E-state index in [1.807, 2.05) is 13.0 Å². The maximum absolute atomic E-state index is 12.7. The van der Waals surface area contributed by atoms with Crippen molar-refractivity contribution in [3.63, 3.8) is 0 Å². The summed E-state index contributed by atoms with van der Waals surface area (Å²) < 4.78 is 6.01. The number of nitriles is 1. The third kappa shape index (κ3) is 3.14. The number of ketones is 1. The van der Waals surface area contributed by atoms with Crippen molar-refractivity contribution < 1.29 is 9.53 Å². The molecule has 4 heteroatoms. The van der Waals surface area contributed by atoms with E-state index in [0.29, 0.717) is 16.9 Å². The molecule has 106 valence electrons. The molecule has 0 saturated carbocycles. The van der Waals surface area contributed by atoms with Crippen LogP contribution in [-0.4, -0.2) is 12.9 Å². The average molecular weight is 344 g/mol. The van der Waals surface area contributed by atoms with Gasteiger partial charge >= 0.3 is 0 Å². The monoisotopic (exact) mass is 343 g/mol.